The predicted octanol–water partition coefficient (Wildman–Crippen LogP) is 1.14. The molecular weight excluding hydrogens is 412 g/mol. The molecule has 2 atom stereocenters. The predicted molar refractivity (Wildman–Crippen MR) is 114 cm³/mol. The molecule has 9 nitrogen and oxygen atoms in total. The Kier molecular flexibility index (Phi) is 4.81. The normalized spacial score (nSPS) is 25.2. The average molecular weight is 438 g/mol. The van der Waals surface area contributed by atoms with Crippen LogP contribution in [0.15, 0.2) is 45.8 Å². The number of nitrogens with zero attached hydrogens (tertiary/aromatic N) is 4. The highest BCUT2D eigenvalue weighted by atomic mass is 16.3. The number of piperidine rings is 1. The van der Waals surface area contributed by atoms with Gasteiger partial charge in [-0.05, 0) is 30.5 Å². The molecule has 32 heavy (non-hydrogen) atoms. The first-order valence-electron chi connectivity index (χ1n) is 10.8. The van der Waals surface area contributed by atoms with Crippen LogP contribution in [0, 0.1) is 11.3 Å². The van der Waals surface area contributed by atoms with Gasteiger partial charge in [-0.15, -0.1) is 0 Å². The third-order valence-corrected chi connectivity index (χ3v) is 7.11. The van der Waals surface area contributed by atoms with Gasteiger partial charge in [0.15, 0.2) is 0 Å². The topological polar surface area (TPSA) is 96.1 Å². The van der Waals surface area contributed by atoms with Crippen molar-refractivity contribution >= 4 is 17.8 Å². The largest absolute Gasteiger partial charge is 0.469 e. The molecular formula is C23H26N4O5. The second-order valence-corrected chi connectivity index (χ2v) is 9.24. The summed E-state index contributed by atoms with van der Waals surface area (Å²) in [6, 6.07) is 8.20. The third kappa shape index (κ3) is 3.10. The van der Waals surface area contributed by atoms with E-state index in [1.165, 1.54) is 20.4 Å². The number of pyridine rings is 1. The van der Waals surface area contributed by atoms with Gasteiger partial charge in [-0.2, -0.15) is 0 Å². The SMILES string of the molecule is CN1C(=O)N(C)C(=O)C(Cc2ccco2)(CN2CC3CC(C2)c2cccc(=O)n2C3)C1=O. The lowest BCUT2D eigenvalue weighted by Crippen LogP contribution is -2.67. The number of hydrogen-bond donors (Lipinski definition) is 0. The highest BCUT2D eigenvalue weighted by Crippen LogP contribution is 2.39. The maximum atomic E-state index is 13.4. The van der Waals surface area contributed by atoms with Gasteiger partial charge in [-0.25, -0.2) is 4.79 Å². The summed E-state index contributed by atoms with van der Waals surface area (Å²) >= 11 is 0. The van der Waals surface area contributed by atoms with Gasteiger partial charge in [0, 0.05) is 64.4 Å². The Labute approximate surface area is 185 Å². The zero-order chi connectivity index (χ0) is 22.6. The number of carbonyl (C=O) groups is 3. The molecule has 5 heterocycles. The number of imide groups is 2. The van der Waals surface area contributed by atoms with Crippen LogP contribution in [-0.4, -0.2) is 70.8 Å². The van der Waals surface area contributed by atoms with E-state index >= 15 is 0 Å². The van der Waals surface area contributed by atoms with Crippen molar-refractivity contribution in [3.05, 3.63) is 58.4 Å². The molecule has 5 rings (SSSR count). The molecule has 0 radical (unpaired) electrons. The summed E-state index contributed by atoms with van der Waals surface area (Å²) in [6.45, 7) is 2.14. The molecule has 2 saturated heterocycles. The number of amides is 4. The molecule has 9 heteroatoms. The minimum atomic E-state index is -1.45. The molecule has 2 aromatic rings. The highest BCUT2D eigenvalue weighted by molar-refractivity contribution is 6.19. The number of rotatable bonds is 4. The lowest BCUT2D eigenvalue weighted by Gasteiger charge is -2.47. The van der Waals surface area contributed by atoms with Crippen LogP contribution < -0.4 is 5.56 Å². The number of furan rings is 1. The van der Waals surface area contributed by atoms with Crippen molar-refractivity contribution in [3.8, 4) is 0 Å². The number of carbonyl (C=O) groups excluding carboxylic acids is 3. The minimum Gasteiger partial charge on any atom is -0.469 e. The van der Waals surface area contributed by atoms with Crippen LogP contribution in [-0.2, 0) is 22.6 Å². The van der Waals surface area contributed by atoms with Crippen molar-refractivity contribution in [2.75, 3.05) is 33.7 Å². The maximum Gasteiger partial charge on any atom is 0.332 e. The zero-order valence-electron chi connectivity index (χ0n) is 18.2. The van der Waals surface area contributed by atoms with Crippen LogP contribution in [0.3, 0.4) is 0 Å². The van der Waals surface area contributed by atoms with Gasteiger partial charge in [0.2, 0.25) is 11.8 Å². The second kappa shape index (κ2) is 7.44. The Morgan fingerprint density at radius 1 is 0.969 bits per heavy atom. The molecule has 3 aliphatic heterocycles. The quantitative estimate of drug-likeness (QED) is 0.665. The van der Waals surface area contributed by atoms with E-state index < -0.39 is 23.3 Å². The number of aromatic nitrogens is 1. The van der Waals surface area contributed by atoms with Crippen molar-refractivity contribution < 1.29 is 18.8 Å². The van der Waals surface area contributed by atoms with Crippen molar-refractivity contribution in [2.24, 2.45) is 11.3 Å². The van der Waals surface area contributed by atoms with E-state index in [0.29, 0.717) is 25.4 Å². The van der Waals surface area contributed by atoms with E-state index in [-0.39, 0.29) is 30.4 Å². The second-order valence-electron chi connectivity index (χ2n) is 9.24. The molecule has 168 valence electrons. The van der Waals surface area contributed by atoms with Gasteiger partial charge in [0.1, 0.15) is 11.2 Å². The lowest BCUT2D eigenvalue weighted by molar-refractivity contribution is -0.159. The molecule has 0 N–H and O–H groups in total. The van der Waals surface area contributed by atoms with Crippen molar-refractivity contribution in [1.29, 1.82) is 0 Å². The zero-order valence-corrected chi connectivity index (χ0v) is 18.2. The molecule has 0 aliphatic carbocycles. The number of fused-ring (bicyclic) bond motifs is 4. The van der Waals surface area contributed by atoms with E-state index in [1.54, 1.807) is 24.3 Å². The Bertz CT molecular complexity index is 1110. The van der Waals surface area contributed by atoms with Crippen LogP contribution >= 0.6 is 0 Å². The Morgan fingerprint density at radius 3 is 2.41 bits per heavy atom. The summed E-state index contributed by atoms with van der Waals surface area (Å²) in [5, 5.41) is 0. The minimum absolute atomic E-state index is 0.0133. The molecule has 0 saturated carbocycles. The van der Waals surface area contributed by atoms with Crippen molar-refractivity contribution in [2.45, 2.75) is 25.3 Å². The first-order chi connectivity index (χ1) is 15.3. The highest BCUT2D eigenvalue weighted by Gasteiger charge is 2.57. The number of urea groups is 1. The fraction of sp³-hybridized carbons (Fsp3) is 0.478. The van der Waals surface area contributed by atoms with Crippen molar-refractivity contribution in [1.82, 2.24) is 19.3 Å². The van der Waals surface area contributed by atoms with Gasteiger partial charge in [-0.1, -0.05) is 6.07 Å². The molecule has 2 fully saturated rings. The first-order valence-corrected chi connectivity index (χ1v) is 10.8. The van der Waals surface area contributed by atoms with Crippen LogP contribution in [0.4, 0.5) is 4.79 Å². The van der Waals surface area contributed by atoms with Crippen LogP contribution in [0.1, 0.15) is 23.8 Å². The van der Waals surface area contributed by atoms with E-state index in [1.807, 2.05) is 10.6 Å². The summed E-state index contributed by atoms with van der Waals surface area (Å²) in [6.07, 6.45) is 2.58. The average Bonchev–Trinajstić information content (AvgIpc) is 3.29. The summed E-state index contributed by atoms with van der Waals surface area (Å²) in [5.74, 6) is -0.0727. The number of hydrogen-bond acceptors (Lipinski definition) is 6. The molecule has 2 bridgehead atoms. The summed E-state index contributed by atoms with van der Waals surface area (Å²) < 4.78 is 7.35. The molecule has 4 amide bonds. The number of likely N-dealkylation sites (tertiary alicyclic amines) is 1. The van der Waals surface area contributed by atoms with Crippen LogP contribution in [0.5, 0.6) is 0 Å². The van der Waals surface area contributed by atoms with E-state index in [0.717, 1.165) is 21.9 Å². The fourth-order valence-corrected chi connectivity index (χ4v) is 5.69. The first kappa shape index (κ1) is 20.7. The van der Waals surface area contributed by atoms with E-state index in [2.05, 4.69) is 4.90 Å². The van der Waals surface area contributed by atoms with Gasteiger partial charge >= 0.3 is 6.03 Å². The van der Waals surface area contributed by atoms with E-state index in [9.17, 15) is 19.2 Å². The Balaban J connectivity index is 1.49. The lowest BCUT2D eigenvalue weighted by atomic mass is 9.76. The summed E-state index contributed by atoms with van der Waals surface area (Å²) in [7, 11) is 2.83. The fourth-order valence-electron chi connectivity index (χ4n) is 5.69. The molecule has 0 spiro atoms. The molecule has 2 aromatic heterocycles. The monoisotopic (exact) mass is 438 g/mol. The van der Waals surface area contributed by atoms with E-state index in [4.69, 9.17) is 4.42 Å². The Hall–Kier alpha value is -3.20. The standard InChI is InChI=1S/C23H26N4O5/c1-24-20(29)23(10-17-5-4-8-32-17,21(30)25(2)22(24)31)14-26-11-15-9-16(13-26)18-6-3-7-19(28)27(18)12-15/h3-8,15-16H,9-14H2,1-2H3. The molecule has 2 unspecified atom stereocenters. The smallest absolute Gasteiger partial charge is 0.332 e. The third-order valence-electron chi connectivity index (χ3n) is 7.11. The number of barbiturate groups is 1. The summed E-state index contributed by atoms with van der Waals surface area (Å²) in [4.78, 5) is 55.8. The van der Waals surface area contributed by atoms with Gasteiger partial charge in [0.25, 0.3) is 5.56 Å². The van der Waals surface area contributed by atoms with Crippen LogP contribution in [0.25, 0.3) is 0 Å². The summed E-state index contributed by atoms with van der Waals surface area (Å²) in [5.41, 5.74) is -0.430. The van der Waals surface area contributed by atoms with Crippen LogP contribution in [0.2, 0.25) is 0 Å². The maximum absolute atomic E-state index is 13.4. The molecule has 3 aliphatic rings. The van der Waals surface area contributed by atoms with Gasteiger partial charge in [0.05, 0.1) is 6.26 Å². The molecule has 0 aromatic carbocycles. The van der Waals surface area contributed by atoms with Gasteiger partial charge in [-0.3, -0.25) is 24.2 Å². The van der Waals surface area contributed by atoms with Gasteiger partial charge < -0.3 is 13.9 Å². The van der Waals surface area contributed by atoms with Crippen molar-refractivity contribution in [3.63, 3.8) is 0 Å². The Morgan fingerprint density at radius 2 is 1.72 bits per heavy atom.